The molecule has 1 aliphatic heterocycles. The Morgan fingerprint density at radius 3 is 2.25 bits per heavy atom. The number of allylic oxidation sites excluding steroid dienone is 1. The van der Waals surface area contributed by atoms with Gasteiger partial charge in [0.15, 0.2) is 0 Å². The fourth-order valence-electron chi connectivity index (χ4n) is 10.1. The second-order valence-electron chi connectivity index (χ2n) is 18.4. The molecule has 1 saturated carbocycles. The van der Waals surface area contributed by atoms with Gasteiger partial charge in [0.05, 0.1) is 18.2 Å². The van der Waals surface area contributed by atoms with E-state index in [1.54, 1.807) is 11.0 Å². The first kappa shape index (κ1) is 44.9. The SMILES string of the molecule is C=CCOC12Oc3ccc(Oc4ccc(-c5ccccc5)cc4)cc3C3C(CCCCO)C(CCCCO)C=C(C(=NOC(C)(C)C)CC1N(C)C(=O)c1ccc4ccccc4c1)C32. The number of hydrogen-bond donors (Lipinski definition) is 2. The van der Waals surface area contributed by atoms with Crippen molar-refractivity contribution in [2.75, 3.05) is 26.9 Å². The Bertz CT molecular complexity index is 2470. The third-order valence-corrected chi connectivity index (χ3v) is 13.1. The van der Waals surface area contributed by atoms with E-state index >= 15 is 0 Å². The zero-order valence-electron chi connectivity index (χ0n) is 37.6. The van der Waals surface area contributed by atoms with Gasteiger partial charge >= 0.3 is 0 Å². The van der Waals surface area contributed by atoms with Gasteiger partial charge in [-0.1, -0.05) is 103 Å². The van der Waals surface area contributed by atoms with Gasteiger partial charge in [-0.2, -0.15) is 0 Å². The lowest BCUT2D eigenvalue weighted by atomic mass is 9.55. The van der Waals surface area contributed by atoms with E-state index in [1.165, 1.54) is 0 Å². The van der Waals surface area contributed by atoms with Crippen molar-refractivity contribution < 1.29 is 34.1 Å². The van der Waals surface area contributed by atoms with E-state index in [-0.39, 0.29) is 43.5 Å². The minimum absolute atomic E-state index is 0.0822. The molecule has 5 aromatic rings. The van der Waals surface area contributed by atoms with E-state index in [0.717, 1.165) is 64.4 Å². The molecular weight excluding hydrogens is 801 g/mol. The maximum absolute atomic E-state index is 14.9. The number of nitrogens with zero attached hydrogens (tertiary/aromatic N) is 2. The molecule has 5 aromatic carbocycles. The summed E-state index contributed by atoms with van der Waals surface area (Å²) < 4.78 is 21.1. The number of carbonyl (C=O) groups excluding carboxylic acids is 1. The van der Waals surface area contributed by atoms with Crippen LogP contribution in [0.15, 0.2) is 145 Å². The third-order valence-electron chi connectivity index (χ3n) is 13.1. The van der Waals surface area contributed by atoms with Gasteiger partial charge in [0.2, 0.25) is 5.79 Å². The molecule has 8 rings (SSSR count). The fourth-order valence-corrected chi connectivity index (χ4v) is 10.1. The summed E-state index contributed by atoms with van der Waals surface area (Å²) in [6.07, 6.45) is 9.14. The maximum Gasteiger partial charge on any atom is 0.254 e. The van der Waals surface area contributed by atoms with E-state index in [0.29, 0.717) is 42.1 Å². The number of likely N-dealkylation sites (N-methyl/N-ethyl adjacent to an activating group) is 1. The van der Waals surface area contributed by atoms with Gasteiger partial charge in [-0.15, -0.1) is 6.58 Å². The molecule has 334 valence electrons. The van der Waals surface area contributed by atoms with Crippen LogP contribution in [0.5, 0.6) is 17.2 Å². The highest BCUT2D eigenvalue weighted by atomic mass is 16.7. The van der Waals surface area contributed by atoms with E-state index < -0.39 is 23.3 Å². The molecule has 0 saturated heterocycles. The summed E-state index contributed by atoms with van der Waals surface area (Å²) in [5.74, 6) is 0.118. The lowest BCUT2D eigenvalue weighted by Crippen LogP contribution is -2.69. The predicted molar refractivity (Wildman–Crippen MR) is 254 cm³/mol. The number of amides is 1. The molecule has 9 heteroatoms. The number of carbonyl (C=O) groups is 1. The van der Waals surface area contributed by atoms with Crippen LogP contribution < -0.4 is 9.47 Å². The molecule has 2 N–H and O–H groups in total. The van der Waals surface area contributed by atoms with Crippen molar-refractivity contribution in [3.8, 4) is 28.4 Å². The normalized spacial score (nSPS) is 23.1. The summed E-state index contributed by atoms with van der Waals surface area (Å²) in [4.78, 5) is 23.0. The van der Waals surface area contributed by atoms with Gasteiger partial charge in [-0.05, 0) is 128 Å². The van der Waals surface area contributed by atoms with E-state index in [4.69, 9.17) is 24.2 Å². The zero-order chi connectivity index (χ0) is 44.8. The highest BCUT2D eigenvalue weighted by Crippen LogP contribution is 2.62. The van der Waals surface area contributed by atoms with E-state index in [9.17, 15) is 15.0 Å². The molecule has 0 radical (unpaired) electrons. The zero-order valence-corrected chi connectivity index (χ0v) is 37.6. The Morgan fingerprint density at radius 2 is 1.53 bits per heavy atom. The highest BCUT2D eigenvalue weighted by molar-refractivity contribution is 6.04. The summed E-state index contributed by atoms with van der Waals surface area (Å²) in [5, 5.41) is 26.9. The van der Waals surface area contributed by atoms with Crippen LogP contribution >= 0.6 is 0 Å². The number of hydrogen-bond acceptors (Lipinski definition) is 8. The quantitative estimate of drug-likeness (QED) is 0.0544. The van der Waals surface area contributed by atoms with E-state index in [1.807, 2.05) is 113 Å². The van der Waals surface area contributed by atoms with Gasteiger partial charge in [0, 0.05) is 43.7 Å². The summed E-state index contributed by atoms with van der Waals surface area (Å²) in [5.41, 5.74) is 4.96. The van der Waals surface area contributed by atoms with Gasteiger partial charge < -0.3 is 34.2 Å². The number of fused-ring (bicyclic) bond motifs is 3. The molecule has 64 heavy (non-hydrogen) atoms. The maximum atomic E-state index is 14.9. The Kier molecular flexibility index (Phi) is 13.7. The Morgan fingerprint density at radius 1 is 0.844 bits per heavy atom. The minimum Gasteiger partial charge on any atom is -0.459 e. The molecular formula is C55H62N2O7. The molecule has 6 atom stereocenters. The van der Waals surface area contributed by atoms with Crippen molar-refractivity contribution in [1.82, 2.24) is 4.90 Å². The number of aliphatic hydroxyl groups excluding tert-OH is 2. The number of rotatable bonds is 17. The minimum atomic E-state index is -1.36. The van der Waals surface area contributed by atoms with Crippen LogP contribution in [0.3, 0.4) is 0 Å². The summed E-state index contributed by atoms with van der Waals surface area (Å²) in [7, 11) is 1.84. The van der Waals surface area contributed by atoms with Gasteiger partial charge in [0.1, 0.15) is 28.9 Å². The topological polar surface area (TPSA) is 110 Å². The molecule has 1 fully saturated rings. The van der Waals surface area contributed by atoms with Crippen molar-refractivity contribution in [3.05, 3.63) is 151 Å². The van der Waals surface area contributed by atoms with Crippen molar-refractivity contribution >= 4 is 22.4 Å². The summed E-state index contributed by atoms with van der Waals surface area (Å²) in [6.45, 7) is 10.4. The van der Waals surface area contributed by atoms with Crippen LogP contribution in [0.4, 0.5) is 0 Å². The molecule has 1 heterocycles. The molecule has 9 nitrogen and oxygen atoms in total. The smallest absolute Gasteiger partial charge is 0.254 e. The van der Waals surface area contributed by atoms with Crippen molar-refractivity contribution in [2.45, 2.75) is 89.1 Å². The molecule has 1 amide bonds. The van der Waals surface area contributed by atoms with Gasteiger partial charge in [-0.3, -0.25) is 4.79 Å². The van der Waals surface area contributed by atoms with Gasteiger partial charge in [0.25, 0.3) is 5.91 Å². The monoisotopic (exact) mass is 862 g/mol. The Balaban J connectivity index is 1.28. The third kappa shape index (κ3) is 9.39. The van der Waals surface area contributed by atoms with Crippen LogP contribution in [0.2, 0.25) is 0 Å². The Labute approximate surface area is 378 Å². The van der Waals surface area contributed by atoms with Crippen molar-refractivity contribution in [2.24, 2.45) is 22.9 Å². The second kappa shape index (κ2) is 19.6. The standard InChI is InChI=1S/C55H62N2O7/c1-6-32-61-55-50(57(5)53(60)42-23-22-38-18-10-11-19-40(38)33-42)36-48(56-64-54(2,3)4)46-34-41(20-12-14-30-58)45(21-13-15-31-59)51(52(46)55)47-35-44(28-29-49(47)63-55)62-43-26-24-39(25-27-43)37-16-8-7-9-17-37/h6-11,16-19,22-29,33-35,41,45,50-52,58-59H,1,12-15,20-21,30-32,36H2,2-5H3. The van der Waals surface area contributed by atoms with Crippen LogP contribution in [0.1, 0.15) is 87.6 Å². The molecule has 0 aromatic heterocycles. The van der Waals surface area contributed by atoms with Crippen LogP contribution in [-0.4, -0.2) is 71.0 Å². The summed E-state index contributed by atoms with van der Waals surface area (Å²) >= 11 is 0. The number of ether oxygens (including phenoxy) is 3. The lowest BCUT2D eigenvalue weighted by Gasteiger charge is -2.59. The number of benzene rings is 5. The largest absolute Gasteiger partial charge is 0.459 e. The van der Waals surface area contributed by atoms with Crippen molar-refractivity contribution in [3.63, 3.8) is 0 Å². The first-order valence-corrected chi connectivity index (χ1v) is 22.9. The van der Waals surface area contributed by atoms with Crippen LogP contribution in [-0.2, 0) is 9.57 Å². The molecule has 0 spiro atoms. The molecule has 6 unspecified atom stereocenters. The van der Waals surface area contributed by atoms with Crippen LogP contribution in [0, 0.1) is 17.8 Å². The van der Waals surface area contributed by atoms with Gasteiger partial charge in [-0.25, -0.2) is 0 Å². The molecule has 2 aliphatic carbocycles. The fraction of sp³-hybridized carbons (Fsp3) is 0.382. The van der Waals surface area contributed by atoms with Crippen molar-refractivity contribution in [1.29, 1.82) is 0 Å². The van der Waals surface area contributed by atoms with Crippen LogP contribution in [0.25, 0.3) is 21.9 Å². The molecule has 3 aliphatic rings. The lowest BCUT2D eigenvalue weighted by molar-refractivity contribution is -0.252. The van der Waals surface area contributed by atoms with E-state index in [2.05, 4.69) is 43.0 Å². The molecule has 0 bridgehead atoms. The number of aliphatic hydroxyl groups is 2. The average Bonchev–Trinajstić information content (AvgIpc) is 3.31. The average molecular weight is 863 g/mol. The number of oxime groups is 1. The highest BCUT2D eigenvalue weighted by Gasteiger charge is 2.65. The first-order chi connectivity index (χ1) is 31.0. The first-order valence-electron chi connectivity index (χ1n) is 22.9. The predicted octanol–water partition coefficient (Wildman–Crippen LogP) is 11.5. The number of unbranched alkanes of at least 4 members (excludes halogenated alkanes) is 2. The summed E-state index contributed by atoms with van der Waals surface area (Å²) in [6, 6.07) is 37.7. The Hall–Kier alpha value is -5.74. The second-order valence-corrected chi connectivity index (χ2v) is 18.4.